The molecule has 2 heterocycles. The largest absolute Gasteiger partial charge is 0.464 e. The minimum absolute atomic E-state index is 0.0641. The van der Waals surface area contributed by atoms with E-state index >= 15 is 0 Å². The summed E-state index contributed by atoms with van der Waals surface area (Å²) in [5, 5.41) is 15.0. The van der Waals surface area contributed by atoms with E-state index in [0.29, 0.717) is 19.3 Å². The molecule has 1 aromatic heterocycles. The van der Waals surface area contributed by atoms with Gasteiger partial charge in [-0.05, 0) is 30.5 Å². The van der Waals surface area contributed by atoms with Gasteiger partial charge in [0.05, 0.1) is 18.7 Å². The van der Waals surface area contributed by atoms with E-state index in [1.54, 1.807) is 0 Å². The number of carbonyl (C=O) groups excluding carboxylic acids is 3. The number of rotatable bonds is 13. The van der Waals surface area contributed by atoms with Crippen molar-refractivity contribution in [1.82, 2.24) is 20.1 Å². The van der Waals surface area contributed by atoms with Gasteiger partial charge < -0.3 is 10.4 Å². The van der Waals surface area contributed by atoms with E-state index in [2.05, 4.69) is 10.3 Å². The Labute approximate surface area is 220 Å². The van der Waals surface area contributed by atoms with Crippen LogP contribution in [0.15, 0.2) is 48.7 Å². The van der Waals surface area contributed by atoms with E-state index in [-0.39, 0.29) is 31.9 Å². The average molecular weight is 530 g/mol. The van der Waals surface area contributed by atoms with Crippen LogP contribution < -0.4 is 5.32 Å². The molecule has 0 aliphatic carbocycles. The van der Waals surface area contributed by atoms with Gasteiger partial charge in [-0.25, -0.2) is 29.2 Å². The third kappa shape index (κ3) is 7.72. The van der Waals surface area contributed by atoms with E-state index < -0.39 is 35.7 Å². The summed E-state index contributed by atoms with van der Waals surface area (Å²) in [4.78, 5) is 60.0. The standard InChI is InChI=1S/C26H32FN5O6/c1-2-3-5-10-20(16-30(18-33)38-17-19-8-6-4-7-9-19)25(35)32-22(13-14-31(32)26(36)37)24(34)29-23-12-11-21(27)15-28-23/h4,6-9,11-12,15,18,20,22H,2-3,5,10,13-14,16-17H2,1H3,(H,36,37)(H,28,29,34)/t20-,22+/m1/s1. The summed E-state index contributed by atoms with van der Waals surface area (Å²) in [7, 11) is 0. The molecular weight excluding hydrogens is 497 g/mol. The molecule has 3 rings (SSSR count). The zero-order chi connectivity index (χ0) is 27.5. The first-order chi connectivity index (χ1) is 18.3. The van der Waals surface area contributed by atoms with Crippen molar-refractivity contribution in [3.63, 3.8) is 0 Å². The van der Waals surface area contributed by atoms with Gasteiger partial charge in [0.25, 0.3) is 5.91 Å². The molecule has 2 aromatic rings. The highest BCUT2D eigenvalue weighted by Gasteiger charge is 2.44. The molecule has 4 amide bonds. The van der Waals surface area contributed by atoms with Crippen molar-refractivity contribution in [1.29, 1.82) is 0 Å². The monoisotopic (exact) mass is 529 g/mol. The van der Waals surface area contributed by atoms with Crippen LogP contribution in [-0.2, 0) is 25.8 Å². The maximum atomic E-state index is 13.8. The third-order valence-corrected chi connectivity index (χ3v) is 6.16. The summed E-state index contributed by atoms with van der Waals surface area (Å²) in [6, 6.07) is 10.5. The van der Waals surface area contributed by atoms with Crippen molar-refractivity contribution in [3.05, 3.63) is 60.0 Å². The SMILES string of the molecule is CCCCC[C@H](CN(C=O)OCc1ccccc1)C(=O)N1[C@H](C(=O)Nc2ccc(F)cn2)CCN1C(=O)O. The lowest BCUT2D eigenvalue weighted by Gasteiger charge is -2.33. The predicted octanol–water partition coefficient (Wildman–Crippen LogP) is 3.44. The normalized spacial score (nSPS) is 15.7. The van der Waals surface area contributed by atoms with E-state index in [0.717, 1.165) is 45.7 Å². The molecule has 1 aromatic carbocycles. The molecule has 1 saturated heterocycles. The Morgan fingerprint density at radius 3 is 2.63 bits per heavy atom. The van der Waals surface area contributed by atoms with Crippen LogP contribution in [0.4, 0.5) is 15.0 Å². The van der Waals surface area contributed by atoms with Crippen LogP contribution in [0, 0.1) is 11.7 Å². The third-order valence-electron chi connectivity index (χ3n) is 6.16. The number of amides is 4. The van der Waals surface area contributed by atoms with Crippen LogP contribution in [0.25, 0.3) is 0 Å². The molecular formula is C26H32FN5O6. The van der Waals surface area contributed by atoms with Gasteiger partial charge in [0.15, 0.2) is 0 Å². The summed E-state index contributed by atoms with van der Waals surface area (Å²) in [5.74, 6) is -2.59. The van der Waals surface area contributed by atoms with Gasteiger partial charge in [-0.2, -0.15) is 0 Å². The molecule has 0 radical (unpaired) electrons. The smallest absolute Gasteiger partial charge is 0.426 e. The van der Waals surface area contributed by atoms with Gasteiger partial charge in [-0.3, -0.25) is 19.2 Å². The Morgan fingerprint density at radius 2 is 2.00 bits per heavy atom. The number of halogens is 1. The Bertz CT molecular complexity index is 1090. The fourth-order valence-corrected chi connectivity index (χ4v) is 4.20. The highest BCUT2D eigenvalue weighted by Crippen LogP contribution is 2.26. The van der Waals surface area contributed by atoms with Crippen molar-refractivity contribution in [2.45, 2.75) is 51.7 Å². The van der Waals surface area contributed by atoms with Crippen LogP contribution in [0.2, 0.25) is 0 Å². The minimum atomic E-state index is -1.38. The van der Waals surface area contributed by atoms with Gasteiger partial charge in [0.1, 0.15) is 24.3 Å². The lowest BCUT2D eigenvalue weighted by Crippen LogP contribution is -2.54. The molecule has 1 aliphatic rings. The van der Waals surface area contributed by atoms with E-state index in [9.17, 15) is 28.7 Å². The molecule has 2 N–H and O–H groups in total. The number of anilines is 1. The molecule has 0 bridgehead atoms. The number of benzene rings is 1. The van der Waals surface area contributed by atoms with Gasteiger partial charge in [0.2, 0.25) is 12.3 Å². The van der Waals surface area contributed by atoms with E-state index in [4.69, 9.17) is 4.84 Å². The molecule has 204 valence electrons. The predicted molar refractivity (Wildman–Crippen MR) is 134 cm³/mol. The van der Waals surface area contributed by atoms with E-state index in [1.807, 2.05) is 37.3 Å². The van der Waals surface area contributed by atoms with Crippen molar-refractivity contribution in [3.8, 4) is 0 Å². The van der Waals surface area contributed by atoms with Crippen LogP contribution in [0.1, 0.15) is 44.6 Å². The first-order valence-electron chi connectivity index (χ1n) is 12.5. The number of carbonyl (C=O) groups is 4. The van der Waals surface area contributed by atoms with Crippen LogP contribution >= 0.6 is 0 Å². The second kappa shape index (κ2) is 14.0. The summed E-state index contributed by atoms with van der Waals surface area (Å²) in [5.41, 5.74) is 0.830. The van der Waals surface area contributed by atoms with Crippen molar-refractivity contribution in [2.24, 2.45) is 5.92 Å². The molecule has 11 nitrogen and oxygen atoms in total. The number of unbranched alkanes of at least 4 members (excludes halogenated alkanes) is 2. The summed E-state index contributed by atoms with van der Waals surface area (Å²) in [6.07, 6.45) is 2.85. The molecule has 0 spiro atoms. The Kier molecular flexibility index (Phi) is 10.5. The quantitative estimate of drug-likeness (QED) is 0.231. The fourth-order valence-electron chi connectivity index (χ4n) is 4.20. The maximum absolute atomic E-state index is 13.8. The van der Waals surface area contributed by atoms with Gasteiger partial charge in [-0.15, -0.1) is 0 Å². The second-order valence-corrected chi connectivity index (χ2v) is 8.90. The number of pyridine rings is 1. The number of aromatic nitrogens is 1. The van der Waals surface area contributed by atoms with Crippen molar-refractivity contribution < 1.29 is 33.5 Å². The van der Waals surface area contributed by atoms with Gasteiger partial charge in [0, 0.05) is 6.54 Å². The number of hydroxylamine groups is 2. The Morgan fingerprint density at radius 1 is 1.24 bits per heavy atom. The molecule has 38 heavy (non-hydrogen) atoms. The van der Waals surface area contributed by atoms with Crippen LogP contribution in [0.5, 0.6) is 0 Å². The highest BCUT2D eigenvalue weighted by atomic mass is 19.1. The van der Waals surface area contributed by atoms with Crippen molar-refractivity contribution >= 4 is 30.1 Å². The number of carboxylic acid groups (broad SMARTS) is 1. The topological polar surface area (TPSA) is 132 Å². The maximum Gasteiger partial charge on any atom is 0.426 e. The van der Waals surface area contributed by atoms with Crippen LogP contribution in [-0.4, -0.2) is 68.6 Å². The lowest BCUT2D eigenvalue weighted by atomic mass is 9.99. The second-order valence-electron chi connectivity index (χ2n) is 8.90. The number of nitrogens with zero attached hydrogens (tertiary/aromatic N) is 4. The lowest BCUT2D eigenvalue weighted by molar-refractivity contribution is -0.185. The highest BCUT2D eigenvalue weighted by molar-refractivity contribution is 5.97. The molecule has 1 fully saturated rings. The Balaban J connectivity index is 1.78. The molecule has 0 unspecified atom stereocenters. The zero-order valence-electron chi connectivity index (χ0n) is 21.2. The summed E-state index contributed by atoms with van der Waals surface area (Å²) in [6.45, 7) is 1.93. The van der Waals surface area contributed by atoms with Gasteiger partial charge in [-0.1, -0.05) is 56.5 Å². The first-order valence-corrected chi connectivity index (χ1v) is 12.5. The van der Waals surface area contributed by atoms with E-state index in [1.165, 1.54) is 6.07 Å². The van der Waals surface area contributed by atoms with Crippen LogP contribution in [0.3, 0.4) is 0 Å². The molecule has 2 atom stereocenters. The summed E-state index contributed by atoms with van der Waals surface area (Å²) >= 11 is 0. The molecule has 1 aliphatic heterocycles. The minimum Gasteiger partial charge on any atom is -0.464 e. The summed E-state index contributed by atoms with van der Waals surface area (Å²) < 4.78 is 13.2. The number of nitrogens with one attached hydrogen (secondary N) is 1. The Hall–Kier alpha value is -4.06. The fraction of sp³-hybridized carbons (Fsp3) is 0.423. The molecule has 12 heteroatoms. The zero-order valence-corrected chi connectivity index (χ0v) is 21.2. The molecule has 0 saturated carbocycles. The average Bonchev–Trinajstić information content (AvgIpc) is 3.37. The number of hydrogen-bond acceptors (Lipinski definition) is 6. The number of hydrazine groups is 1. The number of hydrogen-bond donors (Lipinski definition) is 2. The first kappa shape index (κ1) is 28.5. The van der Waals surface area contributed by atoms with Crippen molar-refractivity contribution in [2.75, 3.05) is 18.4 Å². The van der Waals surface area contributed by atoms with Gasteiger partial charge >= 0.3 is 6.09 Å².